The van der Waals surface area contributed by atoms with E-state index >= 15 is 0 Å². The number of unbranched alkanes of at least 4 members (excludes halogenated alkanes) is 22. The highest BCUT2D eigenvalue weighted by Gasteiger charge is 2.07. The minimum atomic E-state index is 0.525. The van der Waals surface area contributed by atoms with Gasteiger partial charge in [-0.2, -0.15) is 0 Å². The van der Waals surface area contributed by atoms with Crippen molar-refractivity contribution in [3.63, 3.8) is 0 Å². The number of ether oxygens (including phenoxy) is 1. The molecule has 0 radical (unpaired) electrons. The Bertz CT molecular complexity index is 857. The summed E-state index contributed by atoms with van der Waals surface area (Å²) in [6, 6.07) is 21.7. The molecule has 0 saturated heterocycles. The van der Waals surface area contributed by atoms with Crippen molar-refractivity contribution in [2.75, 3.05) is 13.2 Å². The lowest BCUT2D eigenvalue weighted by Gasteiger charge is -2.12. The van der Waals surface area contributed by atoms with E-state index in [1.807, 2.05) is 0 Å². The van der Waals surface area contributed by atoms with E-state index in [2.05, 4.69) is 86.0 Å². The van der Waals surface area contributed by atoms with Crippen molar-refractivity contribution in [1.29, 1.82) is 0 Å². The lowest BCUT2D eigenvalue weighted by Crippen LogP contribution is -1.97. The fourth-order valence-electron chi connectivity index (χ4n) is 7.02. The Balaban J connectivity index is 1.19. The third kappa shape index (κ3) is 23.0. The van der Waals surface area contributed by atoms with Gasteiger partial charge in [0.15, 0.2) is 0 Å². The van der Waals surface area contributed by atoms with Crippen LogP contribution in [0.15, 0.2) is 86.0 Å². The standard InChI is InChI=1S/C46H74O/c1-3-43(45-37-29-25-30-38-45)35-27-21-17-13-9-5-7-11-15-19-23-33-41-47-42-34-24-20-16-12-8-6-10-14-18-22-28-36-44(4-2)46-39-31-26-32-40-46/h3-4,25-26,29-32,37-40,43-44H,1-2,5-24,27-28,33-36,41-42H2. The molecule has 1 heteroatoms. The van der Waals surface area contributed by atoms with Crippen LogP contribution in [-0.2, 0) is 4.74 Å². The Morgan fingerprint density at radius 1 is 0.362 bits per heavy atom. The quantitative estimate of drug-likeness (QED) is 0.0545. The van der Waals surface area contributed by atoms with Gasteiger partial charge in [-0.3, -0.25) is 0 Å². The monoisotopic (exact) mass is 643 g/mol. The van der Waals surface area contributed by atoms with E-state index in [4.69, 9.17) is 4.74 Å². The summed E-state index contributed by atoms with van der Waals surface area (Å²) in [6.45, 7) is 10.1. The first-order valence-corrected chi connectivity index (χ1v) is 20.3. The third-order valence-corrected chi connectivity index (χ3v) is 10.1. The van der Waals surface area contributed by atoms with Crippen molar-refractivity contribution >= 4 is 0 Å². The Hall–Kier alpha value is -2.12. The van der Waals surface area contributed by atoms with Crippen LogP contribution in [0.4, 0.5) is 0 Å². The van der Waals surface area contributed by atoms with Gasteiger partial charge >= 0.3 is 0 Å². The average Bonchev–Trinajstić information content (AvgIpc) is 3.11. The highest BCUT2D eigenvalue weighted by Crippen LogP contribution is 2.25. The third-order valence-electron chi connectivity index (χ3n) is 10.1. The molecule has 0 N–H and O–H groups in total. The molecule has 2 aromatic carbocycles. The topological polar surface area (TPSA) is 9.23 Å². The maximum absolute atomic E-state index is 5.91. The molecule has 0 aromatic heterocycles. The zero-order valence-corrected chi connectivity index (χ0v) is 30.7. The number of allylic oxidation sites excluding steroid dienone is 2. The normalized spacial score (nSPS) is 12.6. The smallest absolute Gasteiger partial charge is 0.0466 e. The lowest BCUT2D eigenvalue weighted by atomic mass is 9.93. The van der Waals surface area contributed by atoms with Gasteiger partial charge in [0.1, 0.15) is 0 Å². The molecule has 0 aliphatic carbocycles. The summed E-state index contributed by atoms with van der Waals surface area (Å²) in [6.07, 6.45) is 39.9. The van der Waals surface area contributed by atoms with Crippen LogP contribution in [0.3, 0.4) is 0 Å². The molecule has 2 aromatic rings. The van der Waals surface area contributed by atoms with Crippen LogP contribution in [0.1, 0.15) is 190 Å². The zero-order chi connectivity index (χ0) is 33.3. The molecule has 0 aliphatic rings. The van der Waals surface area contributed by atoms with Gasteiger partial charge in [0, 0.05) is 25.0 Å². The minimum Gasteiger partial charge on any atom is -0.381 e. The Morgan fingerprint density at radius 2 is 0.617 bits per heavy atom. The van der Waals surface area contributed by atoms with Gasteiger partial charge in [0.25, 0.3) is 0 Å². The van der Waals surface area contributed by atoms with E-state index in [1.54, 1.807) is 0 Å². The predicted octanol–water partition coefficient (Wildman–Crippen LogP) is 15.1. The van der Waals surface area contributed by atoms with Gasteiger partial charge in [-0.1, -0.05) is 214 Å². The lowest BCUT2D eigenvalue weighted by molar-refractivity contribution is 0.125. The van der Waals surface area contributed by atoms with E-state index in [9.17, 15) is 0 Å². The number of hydrogen-bond donors (Lipinski definition) is 0. The van der Waals surface area contributed by atoms with E-state index in [-0.39, 0.29) is 0 Å². The Morgan fingerprint density at radius 3 is 0.894 bits per heavy atom. The summed E-state index contributed by atoms with van der Waals surface area (Å²) in [5.41, 5.74) is 2.84. The van der Waals surface area contributed by atoms with Crippen LogP contribution in [0.2, 0.25) is 0 Å². The second-order valence-corrected chi connectivity index (χ2v) is 14.2. The van der Waals surface area contributed by atoms with Gasteiger partial charge in [-0.15, -0.1) is 13.2 Å². The first-order valence-electron chi connectivity index (χ1n) is 20.3. The highest BCUT2D eigenvalue weighted by atomic mass is 16.5. The van der Waals surface area contributed by atoms with Crippen molar-refractivity contribution < 1.29 is 4.74 Å². The SMILES string of the molecule is C=CC(CCCCCCCCCCCCCCOCCCCCCCCCCCCCCC(C=C)c1ccccc1)c1ccccc1. The Labute approximate surface area is 293 Å². The van der Waals surface area contributed by atoms with Crippen LogP contribution in [-0.4, -0.2) is 13.2 Å². The molecule has 264 valence electrons. The molecule has 0 aliphatic heterocycles. The van der Waals surface area contributed by atoms with Crippen molar-refractivity contribution in [2.45, 2.75) is 179 Å². The molecular weight excluding hydrogens is 569 g/mol. The number of rotatable bonds is 34. The van der Waals surface area contributed by atoms with E-state index in [0.717, 1.165) is 13.2 Å². The van der Waals surface area contributed by atoms with Crippen molar-refractivity contribution in [1.82, 2.24) is 0 Å². The molecule has 1 nitrogen and oxygen atoms in total. The zero-order valence-electron chi connectivity index (χ0n) is 30.7. The maximum Gasteiger partial charge on any atom is 0.0466 e. The highest BCUT2D eigenvalue weighted by molar-refractivity contribution is 5.23. The number of benzene rings is 2. The average molecular weight is 643 g/mol. The molecule has 2 unspecified atom stereocenters. The van der Waals surface area contributed by atoms with Gasteiger partial charge < -0.3 is 4.74 Å². The van der Waals surface area contributed by atoms with Gasteiger partial charge in [0.2, 0.25) is 0 Å². The second kappa shape index (κ2) is 31.2. The second-order valence-electron chi connectivity index (χ2n) is 14.2. The molecule has 0 saturated carbocycles. The van der Waals surface area contributed by atoms with E-state index < -0.39 is 0 Å². The first kappa shape index (κ1) is 41.1. The molecule has 2 atom stereocenters. The molecular formula is C46H74O. The largest absolute Gasteiger partial charge is 0.381 e. The molecule has 0 bridgehead atoms. The predicted molar refractivity (Wildman–Crippen MR) is 210 cm³/mol. The molecule has 0 heterocycles. The van der Waals surface area contributed by atoms with E-state index in [0.29, 0.717) is 11.8 Å². The molecule has 0 spiro atoms. The van der Waals surface area contributed by atoms with Crippen molar-refractivity contribution in [2.24, 2.45) is 0 Å². The van der Waals surface area contributed by atoms with Crippen LogP contribution in [0, 0.1) is 0 Å². The van der Waals surface area contributed by atoms with Crippen LogP contribution < -0.4 is 0 Å². The number of hydrogen-bond acceptors (Lipinski definition) is 1. The minimum absolute atomic E-state index is 0.525. The van der Waals surface area contributed by atoms with Gasteiger partial charge in [-0.05, 0) is 36.8 Å². The van der Waals surface area contributed by atoms with Crippen LogP contribution >= 0.6 is 0 Å². The first-order chi connectivity index (χ1) is 23.3. The molecule has 47 heavy (non-hydrogen) atoms. The summed E-state index contributed by atoms with van der Waals surface area (Å²) >= 11 is 0. The summed E-state index contributed by atoms with van der Waals surface area (Å²) in [4.78, 5) is 0. The molecule has 0 fully saturated rings. The van der Waals surface area contributed by atoms with E-state index in [1.165, 1.54) is 178 Å². The summed E-state index contributed by atoms with van der Waals surface area (Å²) in [5.74, 6) is 1.05. The maximum atomic E-state index is 5.91. The van der Waals surface area contributed by atoms with Crippen LogP contribution in [0.5, 0.6) is 0 Å². The molecule has 0 amide bonds. The fraction of sp³-hybridized carbons (Fsp3) is 0.652. The van der Waals surface area contributed by atoms with Crippen molar-refractivity contribution in [3.05, 3.63) is 97.1 Å². The summed E-state index contributed by atoms with van der Waals surface area (Å²) in [5, 5.41) is 0. The summed E-state index contributed by atoms with van der Waals surface area (Å²) < 4.78 is 5.91. The van der Waals surface area contributed by atoms with Gasteiger partial charge in [-0.25, -0.2) is 0 Å². The van der Waals surface area contributed by atoms with Crippen molar-refractivity contribution in [3.8, 4) is 0 Å². The molecule has 2 rings (SSSR count). The Kier molecular flexibility index (Phi) is 27.2. The summed E-state index contributed by atoms with van der Waals surface area (Å²) in [7, 11) is 0. The van der Waals surface area contributed by atoms with Gasteiger partial charge in [0.05, 0.1) is 0 Å². The van der Waals surface area contributed by atoms with Crippen LogP contribution in [0.25, 0.3) is 0 Å². The fourth-order valence-corrected chi connectivity index (χ4v) is 7.02.